The summed E-state index contributed by atoms with van der Waals surface area (Å²) in [4.78, 5) is 0. The fraction of sp³-hybridized carbons (Fsp3) is 0.889. The topological polar surface area (TPSA) is 52.0 Å². The molecule has 0 bridgehead atoms. The SMILES string of the molecule is CCCCCCCC/C=C\CCCCCC[C@H](N)CN. The van der Waals surface area contributed by atoms with E-state index in [-0.39, 0.29) is 6.04 Å². The second-order valence-corrected chi connectivity index (χ2v) is 6.02. The second kappa shape index (κ2) is 16.7. The summed E-state index contributed by atoms with van der Waals surface area (Å²) in [5.41, 5.74) is 11.3. The van der Waals surface area contributed by atoms with Crippen LogP contribution in [-0.4, -0.2) is 12.6 Å². The van der Waals surface area contributed by atoms with Crippen LogP contribution < -0.4 is 11.5 Å². The highest BCUT2D eigenvalue weighted by Crippen LogP contribution is 2.09. The van der Waals surface area contributed by atoms with Gasteiger partial charge in [0.15, 0.2) is 0 Å². The van der Waals surface area contributed by atoms with Crippen molar-refractivity contribution in [1.82, 2.24) is 0 Å². The van der Waals surface area contributed by atoms with Crippen LogP contribution in [0.2, 0.25) is 0 Å². The van der Waals surface area contributed by atoms with Crippen molar-refractivity contribution in [1.29, 1.82) is 0 Å². The van der Waals surface area contributed by atoms with Gasteiger partial charge in [0.1, 0.15) is 0 Å². The summed E-state index contributed by atoms with van der Waals surface area (Å²) in [6.45, 7) is 2.90. The highest BCUT2D eigenvalue weighted by Gasteiger charge is 1.97. The van der Waals surface area contributed by atoms with Gasteiger partial charge in [-0.25, -0.2) is 0 Å². The minimum atomic E-state index is 0.215. The van der Waals surface area contributed by atoms with Crippen LogP contribution in [0.15, 0.2) is 12.2 Å². The smallest absolute Gasteiger partial charge is 0.0163 e. The minimum absolute atomic E-state index is 0.215. The van der Waals surface area contributed by atoms with Crippen LogP contribution in [0, 0.1) is 0 Å². The first-order valence-electron chi connectivity index (χ1n) is 8.92. The quantitative estimate of drug-likeness (QED) is 0.331. The molecular formula is C18H38N2. The molecule has 1 atom stereocenters. The third kappa shape index (κ3) is 15.7. The fourth-order valence-electron chi connectivity index (χ4n) is 2.42. The Bertz CT molecular complexity index is 202. The van der Waals surface area contributed by atoms with E-state index in [0.29, 0.717) is 6.54 Å². The van der Waals surface area contributed by atoms with E-state index in [1.807, 2.05) is 0 Å². The lowest BCUT2D eigenvalue weighted by Crippen LogP contribution is -2.29. The molecule has 0 aromatic heterocycles. The maximum atomic E-state index is 5.78. The molecule has 0 heterocycles. The van der Waals surface area contributed by atoms with E-state index in [2.05, 4.69) is 19.1 Å². The van der Waals surface area contributed by atoms with E-state index in [0.717, 1.165) is 6.42 Å². The van der Waals surface area contributed by atoms with E-state index in [4.69, 9.17) is 11.5 Å². The van der Waals surface area contributed by atoms with Crippen LogP contribution in [-0.2, 0) is 0 Å². The maximum Gasteiger partial charge on any atom is 0.0163 e. The molecule has 20 heavy (non-hydrogen) atoms. The van der Waals surface area contributed by atoms with Crippen LogP contribution in [0.3, 0.4) is 0 Å². The van der Waals surface area contributed by atoms with E-state index in [1.165, 1.54) is 77.0 Å². The summed E-state index contributed by atoms with van der Waals surface area (Å²) in [7, 11) is 0. The van der Waals surface area contributed by atoms with Crippen LogP contribution in [0.25, 0.3) is 0 Å². The largest absolute Gasteiger partial charge is 0.329 e. The van der Waals surface area contributed by atoms with Crippen molar-refractivity contribution in [2.45, 2.75) is 96.4 Å². The van der Waals surface area contributed by atoms with Crippen LogP contribution in [0.4, 0.5) is 0 Å². The number of unbranched alkanes of at least 4 members (excludes halogenated alkanes) is 10. The normalized spacial score (nSPS) is 13.2. The Balaban J connectivity index is 3.09. The van der Waals surface area contributed by atoms with E-state index < -0.39 is 0 Å². The summed E-state index contributed by atoms with van der Waals surface area (Å²) >= 11 is 0. The molecule has 0 rings (SSSR count). The van der Waals surface area contributed by atoms with Crippen molar-refractivity contribution in [2.24, 2.45) is 11.5 Å². The molecule has 0 fully saturated rings. The van der Waals surface area contributed by atoms with Crippen molar-refractivity contribution in [2.75, 3.05) is 6.54 Å². The average Bonchev–Trinajstić information content (AvgIpc) is 2.47. The van der Waals surface area contributed by atoms with Crippen molar-refractivity contribution < 1.29 is 0 Å². The molecule has 2 nitrogen and oxygen atoms in total. The Kier molecular flexibility index (Phi) is 16.4. The molecule has 0 amide bonds. The molecule has 0 spiro atoms. The molecule has 120 valence electrons. The Morgan fingerprint density at radius 2 is 1.25 bits per heavy atom. The highest BCUT2D eigenvalue weighted by atomic mass is 14.7. The average molecular weight is 283 g/mol. The Morgan fingerprint density at radius 3 is 1.80 bits per heavy atom. The highest BCUT2D eigenvalue weighted by molar-refractivity contribution is 4.81. The summed E-state index contributed by atoms with van der Waals surface area (Å²) in [5.74, 6) is 0. The van der Waals surface area contributed by atoms with Crippen molar-refractivity contribution in [3.8, 4) is 0 Å². The van der Waals surface area contributed by atoms with Crippen molar-refractivity contribution >= 4 is 0 Å². The minimum Gasteiger partial charge on any atom is -0.329 e. The van der Waals surface area contributed by atoms with Gasteiger partial charge in [-0.3, -0.25) is 0 Å². The zero-order valence-electron chi connectivity index (χ0n) is 13.8. The zero-order chi connectivity index (χ0) is 14.9. The predicted octanol–water partition coefficient (Wildman–Crippen LogP) is 4.92. The standard InChI is InChI=1S/C18H38N2/c1-2-3-4-5-6-7-8-9-10-11-12-13-14-15-16-18(20)17-19/h9-10,18H,2-8,11-17,19-20H2,1H3/b10-9-/t18-/m0/s1. The van der Waals surface area contributed by atoms with Gasteiger partial charge in [0.25, 0.3) is 0 Å². The van der Waals surface area contributed by atoms with Gasteiger partial charge in [-0.1, -0.05) is 70.4 Å². The Labute approximate surface area is 127 Å². The van der Waals surface area contributed by atoms with Crippen molar-refractivity contribution in [3.05, 3.63) is 12.2 Å². The summed E-state index contributed by atoms with van der Waals surface area (Å²) in [5, 5.41) is 0. The van der Waals surface area contributed by atoms with Gasteiger partial charge in [-0.05, 0) is 32.1 Å². The van der Waals surface area contributed by atoms with Gasteiger partial charge in [0.2, 0.25) is 0 Å². The molecule has 0 saturated heterocycles. The number of allylic oxidation sites excluding steroid dienone is 2. The molecule has 0 radical (unpaired) electrons. The van der Waals surface area contributed by atoms with Gasteiger partial charge in [-0.2, -0.15) is 0 Å². The van der Waals surface area contributed by atoms with Crippen molar-refractivity contribution in [3.63, 3.8) is 0 Å². The third-order valence-corrected chi connectivity index (χ3v) is 3.89. The Morgan fingerprint density at radius 1 is 0.750 bits per heavy atom. The van der Waals surface area contributed by atoms with Crippen LogP contribution >= 0.6 is 0 Å². The number of hydrogen-bond acceptors (Lipinski definition) is 2. The summed E-state index contributed by atoms with van der Waals surface area (Å²) in [6, 6.07) is 0.215. The molecule has 0 aliphatic heterocycles. The molecule has 0 aliphatic rings. The lowest BCUT2D eigenvalue weighted by atomic mass is 10.1. The summed E-state index contributed by atoms with van der Waals surface area (Å²) < 4.78 is 0. The van der Waals surface area contributed by atoms with E-state index >= 15 is 0 Å². The predicted molar refractivity (Wildman–Crippen MR) is 91.9 cm³/mol. The zero-order valence-corrected chi connectivity index (χ0v) is 13.8. The fourth-order valence-corrected chi connectivity index (χ4v) is 2.42. The van der Waals surface area contributed by atoms with E-state index in [1.54, 1.807) is 0 Å². The van der Waals surface area contributed by atoms with Gasteiger partial charge >= 0.3 is 0 Å². The lowest BCUT2D eigenvalue weighted by Gasteiger charge is -2.07. The number of nitrogens with two attached hydrogens (primary N) is 2. The molecule has 0 aromatic rings. The third-order valence-electron chi connectivity index (χ3n) is 3.89. The molecule has 0 saturated carbocycles. The number of rotatable bonds is 15. The van der Waals surface area contributed by atoms with Crippen LogP contribution in [0.1, 0.15) is 90.4 Å². The molecule has 4 N–H and O–H groups in total. The molecular weight excluding hydrogens is 244 g/mol. The maximum absolute atomic E-state index is 5.78. The summed E-state index contributed by atoms with van der Waals surface area (Å²) in [6.07, 6.45) is 21.9. The van der Waals surface area contributed by atoms with Gasteiger partial charge < -0.3 is 11.5 Å². The van der Waals surface area contributed by atoms with E-state index in [9.17, 15) is 0 Å². The van der Waals surface area contributed by atoms with Gasteiger partial charge in [0.05, 0.1) is 0 Å². The van der Waals surface area contributed by atoms with Gasteiger partial charge in [0, 0.05) is 12.6 Å². The van der Waals surface area contributed by atoms with Crippen LogP contribution in [0.5, 0.6) is 0 Å². The van der Waals surface area contributed by atoms with Gasteiger partial charge in [-0.15, -0.1) is 0 Å². The number of hydrogen-bond donors (Lipinski definition) is 2. The first kappa shape index (κ1) is 19.7. The lowest BCUT2D eigenvalue weighted by molar-refractivity contribution is 0.548. The second-order valence-electron chi connectivity index (χ2n) is 6.02. The molecule has 0 unspecified atom stereocenters. The Hall–Kier alpha value is -0.340. The first-order valence-corrected chi connectivity index (χ1v) is 8.92. The molecule has 2 heteroatoms. The first-order chi connectivity index (χ1) is 9.81. The monoisotopic (exact) mass is 282 g/mol. The molecule has 0 aromatic carbocycles. The molecule has 0 aliphatic carbocycles.